The smallest absolute Gasteiger partial charge is 0.0597 e. The molecule has 0 radical (unpaired) electrons. The van der Waals surface area contributed by atoms with Gasteiger partial charge in [0.2, 0.25) is 0 Å². The summed E-state index contributed by atoms with van der Waals surface area (Å²) in [6, 6.07) is 2.73. The van der Waals surface area contributed by atoms with Crippen molar-refractivity contribution >= 4 is 0 Å². The second kappa shape index (κ2) is 6.04. The van der Waals surface area contributed by atoms with E-state index in [2.05, 4.69) is 48.9 Å². The minimum atomic E-state index is 0.561. The summed E-state index contributed by atoms with van der Waals surface area (Å²) in [7, 11) is 0. The molecule has 0 aliphatic rings. The van der Waals surface area contributed by atoms with Gasteiger partial charge in [0.05, 0.1) is 11.4 Å². The third-order valence-corrected chi connectivity index (χ3v) is 3.39. The summed E-state index contributed by atoms with van der Waals surface area (Å²) in [4.78, 5) is 0. The molecule has 0 aromatic carbocycles. The van der Waals surface area contributed by atoms with Crippen molar-refractivity contribution in [3.05, 3.63) is 17.5 Å². The van der Waals surface area contributed by atoms with Gasteiger partial charge < -0.3 is 5.32 Å². The van der Waals surface area contributed by atoms with Crippen molar-refractivity contribution in [2.24, 2.45) is 5.92 Å². The predicted octanol–water partition coefficient (Wildman–Crippen LogP) is 2.74. The Morgan fingerprint density at radius 2 is 2.06 bits per heavy atom. The molecule has 1 N–H and O–H groups in total. The molecule has 92 valence electrons. The third-order valence-electron chi connectivity index (χ3n) is 3.39. The van der Waals surface area contributed by atoms with Crippen molar-refractivity contribution in [2.45, 2.75) is 60.2 Å². The highest BCUT2D eigenvalue weighted by molar-refractivity contribution is 5.08. The zero-order chi connectivity index (χ0) is 12.1. The van der Waals surface area contributed by atoms with Crippen molar-refractivity contribution in [1.29, 1.82) is 0 Å². The number of nitrogens with one attached hydrogen (secondary N) is 1. The van der Waals surface area contributed by atoms with E-state index in [0.29, 0.717) is 6.04 Å². The minimum absolute atomic E-state index is 0.561. The molecule has 1 aromatic rings. The first-order valence-corrected chi connectivity index (χ1v) is 6.35. The number of rotatable bonds is 6. The molecule has 0 bridgehead atoms. The lowest BCUT2D eigenvalue weighted by atomic mass is 10.0. The molecular formula is C13H25N3. The van der Waals surface area contributed by atoms with Crippen molar-refractivity contribution in [1.82, 2.24) is 15.1 Å². The van der Waals surface area contributed by atoms with Crippen molar-refractivity contribution < 1.29 is 0 Å². The monoisotopic (exact) mass is 223 g/mol. The predicted molar refractivity (Wildman–Crippen MR) is 68.4 cm³/mol. The molecule has 1 rings (SSSR count). The molecule has 3 heteroatoms. The van der Waals surface area contributed by atoms with Crippen LogP contribution in [0.2, 0.25) is 0 Å². The van der Waals surface area contributed by atoms with E-state index < -0.39 is 0 Å². The fourth-order valence-electron chi connectivity index (χ4n) is 1.84. The van der Waals surface area contributed by atoms with Crippen LogP contribution < -0.4 is 5.32 Å². The fraction of sp³-hybridized carbons (Fsp3) is 0.769. The van der Waals surface area contributed by atoms with Crippen LogP contribution in [0.25, 0.3) is 0 Å². The maximum absolute atomic E-state index is 4.45. The van der Waals surface area contributed by atoms with Gasteiger partial charge >= 0.3 is 0 Å². The van der Waals surface area contributed by atoms with E-state index in [0.717, 1.165) is 24.7 Å². The maximum atomic E-state index is 4.45. The molecule has 0 saturated carbocycles. The standard InChI is InChI=1S/C13H25N3/c1-6-10(3)12(5)14-9-13-8-11(4)15-16(13)7-2/h8,10,12,14H,6-7,9H2,1-5H3. The average Bonchev–Trinajstić information content (AvgIpc) is 2.65. The Bertz CT molecular complexity index is 317. The van der Waals surface area contributed by atoms with Gasteiger partial charge in [-0.05, 0) is 32.8 Å². The van der Waals surface area contributed by atoms with Crippen LogP contribution in [-0.2, 0) is 13.1 Å². The van der Waals surface area contributed by atoms with Crippen LogP contribution in [0.4, 0.5) is 0 Å². The van der Waals surface area contributed by atoms with Crippen LogP contribution in [-0.4, -0.2) is 15.8 Å². The zero-order valence-electron chi connectivity index (χ0n) is 11.2. The van der Waals surface area contributed by atoms with Crippen molar-refractivity contribution in [3.63, 3.8) is 0 Å². The van der Waals surface area contributed by atoms with Crippen LogP contribution >= 0.6 is 0 Å². The van der Waals surface area contributed by atoms with Gasteiger partial charge in [0.15, 0.2) is 0 Å². The fourth-order valence-corrected chi connectivity index (χ4v) is 1.84. The Labute approximate surface area is 99.2 Å². The molecule has 0 saturated heterocycles. The van der Waals surface area contributed by atoms with Gasteiger partial charge in [-0.3, -0.25) is 4.68 Å². The number of hydrogen-bond donors (Lipinski definition) is 1. The Hall–Kier alpha value is -0.830. The van der Waals surface area contributed by atoms with E-state index >= 15 is 0 Å². The van der Waals surface area contributed by atoms with Crippen molar-refractivity contribution in [2.75, 3.05) is 0 Å². The molecule has 2 atom stereocenters. The lowest BCUT2D eigenvalue weighted by Crippen LogP contribution is -2.32. The van der Waals surface area contributed by atoms with E-state index in [9.17, 15) is 0 Å². The molecule has 1 aromatic heterocycles. The molecule has 0 aliphatic heterocycles. The van der Waals surface area contributed by atoms with E-state index in [1.165, 1.54) is 12.1 Å². The third kappa shape index (κ3) is 3.34. The van der Waals surface area contributed by atoms with Gasteiger partial charge in [-0.15, -0.1) is 0 Å². The lowest BCUT2D eigenvalue weighted by Gasteiger charge is -2.20. The number of aromatic nitrogens is 2. The van der Waals surface area contributed by atoms with Gasteiger partial charge in [0, 0.05) is 19.1 Å². The second-order valence-electron chi connectivity index (χ2n) is 4.65. The molecule has 2 unspecified atom stereocenters. The minimum Gasteiger partial charge on any atom is -0.308 e. The highest BCUT2D eigenvalue weighted by Gasteiger charge is 2.10. The number of aryl methyl sites for hydroxylation is 2. The van der Waals surface area contributed by atoms with Gasteiger partial charge in [-0.2, -0.15) is 5.10 Å². The SMILES string of the molecule is CCC(C)C(C)NCc1cc(C)nn1CC. The summed E-state index contributed by atoms with van der Waals surface area (Å²) < 4.78 is 2.08. The molecule has 0 fully saturated rings. The van der Waals surface area contributed by atoms with Crippen LogP contribution in [0.1, 0.15) is 45.5 Å². The van der Waals surface area contributed by atoms with Gasteiger partial charge in [-0.1, -0.05) is 20.3 Å². The van der Waals surface area contributed by atoms with Crippen LogP contribution in [0, 0.1) is 12.8 Å². The largest absolute Gasteiger partial charge is 0.308 e. The summed E-state index contributed by atoms with van der Waals surface area (Å²) in [6.07, 6.45) is 1.22. The normalized spacial score (nSPS) is 15.1. The van der Waals surface area contributed by atoms with Crippen LogP contribution in [0.15, 0.2) is 6.07 Å². The number of nitrogens with zero attached hydrogens (tertiary/aromatic N) is 2. The average molecular weight is 223 g/mol. The Balaban J connectivity index is 2.53. The van der Waals surface area contributed by atoms with Crippen LogP contribution in [0.5, 0.6) is 0 Å². The lowest BCUT2D eigenvalue weighted by molar-refractivity contribution is 0.383. The topological polar surface area (TPSA) is 29.9 Å². The first-order chi connectivity index (χ1) is 7.58. The summed E-state index contributed by atoms with van der Waals surface area (Å²) in [6.45, 7) is 12.8. The van der Waals surface area contributed by atoms with Crippen molar-refractivity contribution in [3.8, 4) is 0 Å². The highest BCUT2D eigenvalue weighted by Crippen LogP contribution is 2.09. The molecule has 0 aliphatic carbocycles. The first kappa shape index (κ1) is 13.2. The van der Waals surface area contributed by atoms with E-state index in [1.54, 1.807) is 0 Å². The molecule has 3 nitrogen and oxygen atoms in total. The van der Waals surface area contributed by atoms with Gasteiger partial charge in [-0.25, -0.2) is 0 Å². The molecule has 1 heterocycles. The van der Waals surface area contributed by atoms with Crippen LogP contribution in [0.3, 0.4) is 0 Å². The van der Waals surface area contributed by atoms with E-state index in [4.69, 9.17) is 0 Å². The highest BCUT2D eigenvalue weighted by atomic mass is 15.3. The second-order valence-corrected chi connectivity index (χ2v) is 4.65. The molecular weight excluding hydrogens is 198 g/mol. The maximum Gasteiger partial charge on any atom is 0.0597 e. The molecule has 0 amide bonds. The van der Waals surface area contributed by atoms with Gasteiger partial charge in [0.1, 0.15) is 0 Å². The van der Waals surface area contributed by atoms with E-state index in [1.807, 2.05) is 6.92 Å². The molecule has 16 heavy (non-hydrogen) atoms. The Kier molecular flexibility index (Phi) is 5.00. The summed E-state index contributed by atoms with van der Waals surface area (Å²) in [5.74, 6) is 0.721. The summed E-state index contributed by atoms with van der Waals surface area (Å²) >= 11 is 0. The first-order valence-electron chi connectivity index (χ1n) is 6.35. The zero-order valence-corrected chi connectivity index (χ0v) is 11.2. The summed E-state index contributed by atoms with van der Waals surface area (Å²) in [5, 5.41) is 8.03. The Morgan fingerprint density at radius 1 is 1.38 bits per heavy atom. The summed E-state index contributed by atoms with van der Waals surface area (Å²) in [5.41, 5.74) is 2.39. The van der Waals surface area contributed by atoms with Gasteiger partial charge in [0.25, 0.3) is 0 Å². The van der Waals surface area contributed by atoms with E-state index in [-0.39, 0.29) is 0 Å². The number of hydrogen-bond acceptors (Lipinski definition) is 2. The molecule has 0 spiro atoms. The Morgan fingerprint density at radius 3 is 2.62 bits per heavy atom. The quantitative estimate of drug-likeness (QED) is 0.803.